The summed E-state index contributed by atoms with van der Waals surface area (Å²) < 4.78 is 63.3. The minimum absolute atomic E-state index is 0.123. The van der Waals surface area contributed by atoms with Crippen molar-refractivity contribution in [3.05, 3.63) is 41.8 Å². The van der Waals surface area contributed by atoms with Crippen molar-refractivity contribution in [2.24, 2.45) is 0 Å². The standard InChI is InChI=1S/C13H11F3N2O4S/c14-13(15,16)23(20,21)22-9-5-8-6-17-11-4-2-1-3-10(11)12(19)18(8)7-9/h1-4,7-8,17H,5-6H2. The molecule has 0 aromatic heterocycles. The number of para-hydroxylation sites is 1. The van der Waals surface area contributed by atoms with Crippen LogP contribution in [0.15, 0.2) is 36.2 Å². The van der Waals surface area contributed by atoms with Gasteiger partial charge in [0.05, 0.1) is 11.6 Å². The Labute approximate surface area is 129 Å². The molecule has 0 aliphatic carbocycles. The number of carbonyl (C=O) groups is 1. The fourth-order valence-electron chi connectivity index (χ4n) is 2.47. The van der Waals surface area contributed by atoms with Gasteiger partial charge < -0.3 is 14.4 Å². The van der Waals surface area contributed by atoms with Gasteiger partial charge in [0.2, 0.25) is 0 Å². The van der Waals surface area contributed by atoms with Crippen molar-refractivity contribution >= 4 is 21.7 Å². The molecule has 0 bridgehead atoms. The van der Waals surface area contributed by atoms with E-state index in [0.29, 0.717) is 11.3 Å². The molecular formula is C13H11F3N2O4S. The van der Waals surface area contributed by atoms with Gasteiger partial charge in [0.25, 0.3) is 5.91 Å². The van der Waals surface area contributed by atoms with Crippen LogP contribution in [0, 0.1) is 0 Å². The normalized spacial score (nSPS) is 21.0. The first-order valence-electron chi connectivity index (χ1n) is 6.56. The van der Waals surface area contributed by atoms with Crippen LogP contribution < -0.4 is 5.32 Å². The lowest BCUT2D eigenvalue weighted by Crippen LogP contribution is -2.34. The van der Waals surface area contributed by atoms with Crippen LogP contribution in [-0.2, 0) is 14.3 Å². The summed E-state index contributed by atoms with van der Waals surface area (Å²) in [5.41, 5.74) is -4.54. The van der Waals surface area contributed by atoms with Crippen LogP contribution in [0.1, 0.15) is 16.8 Å². The third-order valence-electron chi connectivity index (χ3n) is 3.53. The third kappa shape index (κ3) is 2.74. The average Bonchev–Trinajstić information content (AvgIpc) is 2.80. The van der Waals surface area contributed by atoms with Gasteiger partial charge in [-0.25, -0.2) is 0 Å². The second-order valence-electron chi connectivity index (χ2n) is 5.08. The van der Waals surface area contributed by atoms with E-state index in [-0.39, 0.29) is 13.0 Å². The molecule has 2 aliphatic heterocycles. The molecule has 2 aliphatic rings. The molecule has 1 unspecified atom stereocenters. The summed E-state index contributed by atoms with van der Waals surface area (Å²) in [4.78, 5) is 13.6. The largest absolute Gasteiger partial charge is 0.534 e. The second-order valence-corrected chi connectivity index (χ2v) is 6.61. The van der Waals surface area contributed by atoms with Crippen molar-refractivity contribution < 1.29 is 30.6 Å². The zero-order valence-electron chi connectivity index (χ0n) is 11.5. The van der Waals surface area contributed by atoms with E-state index in [2.05, 4.69) is 9.50 Å². The van der Waals surface area contributed by atoms with Gasteiger partial charge in [0, 0.05) is 24.9 Å². The number of nitrogens with one attached hydrogen (secondary N) is 1. The Kier molecular flexibility index (Phi) is 3.51. The molecule has 0 fully saturated rings. The Balaban J connectivity index is 1.87. The molecule has 23 heavy (non-hydrogen) atoms. The highest BCUT2D eigenvalue weighted by molar-refractivity contribution is 7.87. The second kappa shape index (κ2) is 5.15. The first kappa shape index (κ1) is 15.7. The van der Waals surface area contributed by atoms with Gasteiger partial charge in [-0.15, -0.1) is 0 Å². The highest BCUT2D eigenvalue weighted by Gasteiger charge is 2.49. The molecule has 1 N–H and O–H groups in total. The van der Waals surface area contributed by atoms with E-state index in [1.54, 1.807) is 24.3 Å². The van der Waals surface area contributed by atoms with Crippen LogP contribution in [0.4, 0.5) is 18.9 Å². The lowest BCUT2D eigenvalue weighted by molar-refractivity contribution is -0.0523. The molecule has 10 heteroatoms. The Morgan fingerprint density at radius 1 is 1.26 bits per heavy atom. The molecule has 0 saturated heterocycles. The SMILES string of the molecule is O=C1c2ccccc2NCC2CC(OS(=O)(=O)C(F)(F)F)=CN12. The summed E-state index contributed by atoms with van der Waals surface area (Å²) >= 11 is 0. The molecule has 0 radical (unpaired) electrons. The Bertz CT molecular complexity index is 789. The van der Waals surface area contributed by atoms with Crippen molar-refractivity contribution in [1.82, 2.24) is 4.90 Å². The Morgan fingerprint density at radius 2 is 1.96 bits per heavy atom. The maximum absolute atomic E-state index is 12.4. The summed E-state index contributed by atoms with van der Waals surface area (Å²) in [5.74, 6) is -0.847. The van der Waals surface area contributed by atoms with Gasteiger partial charge in [0.15, 0.2) is 0 Å². The summed E-state index contributed by atoms with van der Waals surface area (Å²) in [6.07, 6.45) is 0.891. The topological polar surface area (TPSA) is 75.7 Å². The van der Waals surface area contributed by atoms with E-state index in [1.807, 2.05) is 0 Å². The van der Waals surface area contributed by atoms with E-state index in [9.17, 15) is 26.4 Å². The molecule has 0 saturated carbocycles. The molecule has 1 atom stereocenters. The zero-order valence-corrected chi connectivity index (χ0v) is 12.3. The van der Waals surface area contributed by atoms with Gasteiger partial charge >= 0.3 is 15.6 Å². The number of halogens is 3. The maximum Gasteiger partial charge on any atom is 0.534 e. The molecule has 0 spiro atoms. The lowest BCUT2D eigenvalue weighted by atomic mass is 10.1. The number of rotatable bonds is 2. The van der Waals surface area contributed by atoms with Crippen LogP contribution in [0.2, 0.25) is 0 Å². The predicted molar refractivity (Wildman–Crippen MR) is 73.6 cm³/mol. The number of benzene rings is 1. The number of alkyl halides is 3. The predicted octanol–water partition coefficient (Wildman–Crippen LogP) is 2.03. The van der Waals surface area contributed by atoms with Gasteiger partial charge in [-0.05, 0) is 12.1 Å². The molecule has 1 amide bonds. The molecule has 6 nitrogen and oxygen atoms in total. The molecule has 1 aromatic rings. The number of amides is 1. The zero-order chi connectivity index (χ0) is 16.8. The van der Waals surface area contributed by atoms with Crippen molar-refractivity contribution in [1.29, 1.82) is 0 Å². The van der Waals surface area contributed by atoms with Crippen molar-refractivity contribution in [2.75, 3.05) is 11.9 Å². The number of nitrogens with zero attached hydrogens (tertiary/aromatic N) is 1. The number of anilines is 1. The minimum atomic E-state index is -5.74. The van der Waals surface area contributed by atoms with Gasteiger partial charge in [-0.2, -0.15) is 21.6 Å². The smallest absolute Gasteiger partial charge is 0.382 e. The fraction of sp³-hybridized carbons (Fsp3) is 0.308. The van der Waals surface area contributed by atoms with Crippen LogP contribution in [0.25, 0.3) is 0 Å². The summed E-state index contributed by atoms with van der Waals surface area (Å²) in [5, 5.41) is 3.02. The van der Waals surface area contributed by atoms with Gasteiger partial charge in [-0.1, -0.05) is 12.1 Å². The van der Waals surface area contributed by atoms with Gasteiger partial charge in [-0.3, -0.25) is 4.79 Å². The molecular weight excluding hydrogens is 337 g/mol. The molecule has 3 rings (SSSR count). The Hall–Kier alpha value is -2.23. The number of carbonyl (C=O) groups excluding carboxylic acids is 1. The highest BCUT2D eigenvalue weighted by Crippen LogP contribution is 2.33. The van der Waals surface area contributed by atoms with Gasteiger partial charge in [0.1, 0.15) is 5.76 Å². The van der Waals surface area contributed by atoms with Crippen LogP contribution >= 0.6 is 0 Å². The number of hydrogen-bond acceptors (Lipinski definition) is 5. The van der Waals surface area contributed by atoms with E-state index in [0.717, 1.165) is 6.20 Å². The summed E-state index contributed by atoms with van der Waals surface area (Å²) in [6, 6.07) is 6.17. The third-order valence-corrected chi connectivity index (χ3v) is 4.53. The maximum atomic E-state index is 12.4. The average molecular weight is 348 g/mol. The van der Waals surface area contributed by atoms with Crippen molar-refractivity contribution in [3.63, 3.8) is 0 Å². The minimum Gasteiger partial charge on any atom is -0.382 e. The molecule has 1 aromatic carbocycles. The van der Waals surface area contributed by atoms with E-state index in [1.165, 1.54) is 4.90 Å². The summed E-state index contributed by atoms with van der Waals surface area (Å²) in [6.45, 7) is 0.262. The first-order chi connectivity index (χ1) is 10.7. The summed E-state index contributed by atoms with van der Waals surface area (Å²) in [7, 11) is -5.74. The van der Waals surface area contributed by atoms with Crippen molar-refractivity contribution in [3.8, 4) is 0 Å². The first-order valence-corrected chi connectivity index (χ1v) is 7.97. The van der Waals surface area contributed by atoms with Crippen molar-refractivity contribution in [2.45, 2.75) is 18.0 Å². The fourth-order valence-corrected chi connectivity index (χ4v) is 2.96. The Morgan fingerprint density at radius 3 is 2.65 bits per heavy atom. The van der Waals surface area contributed by atoms with Crippen LogP contribution in [-0.4, -0.2) is 37.3 Å². The number of fused-ring (bicyclic) bond motifs is 2. The number of hydrogen-bond donors (Lipinski definition) is 1. The van der Waals surface area contributed by atoms with E-state index >= 15 is 0 Å². The van der Waals surface area contributed by atoms with Crippen LogP contribution in [0.3, 0.4) is 0 Å². The molecule has 124 valence electrons. The molecule has 2 heterocycles. The highest BCUT2D eigenvalue weighted by atomic mass is 32.2. The lowest BCUT2D eigenvalue weighted by Gasteiger charge is -2.19. The quantitative estimate of drug-likeness (QED) is 0.654. The monoisotopic (exact) mass is 348 g/mol. The van der Waals surface area contributed by atoms with E-state index in [4.69, 9.17) is 0 Å². The van der Waals surface area contributed by atoms with E-state index < -0.39 is 33.3 Å². The van der Waals surface area contributed by atoms with Crippen LogP contribution in [0.5, 0.6) is 0 Å².